The first-order valence-electron chi connectivity index (χ1n) is 9.73. The van der Waals surface area contributed by atoms with Gasteiger partial charge in [0.25, 0.3) is 0 Å². The van der Waals surface area contributed by atoms with Crippen molar-refractivity contribution in [3.63, 3.8) is 0 Å². The van der Waals surface area contributed by atoms with E-state index in [0.29, 0.717) is 19.3 Å². The van der Waals surface area contributed by atoms with Gasteiger partial charge in [0.2, 0.25) is 0 Å². The number of carbonyl (C=O) groups is 3. The molecule has 0 amide bonds. The molecule has 1 unspecified atom stereocenters. The molecule has 0 aromatic rings. The highest BCUT2D eigenvalue weighted by molar-refractivity contribution is 5.98. The fraction of sp³-hybridized carbons (Fsp3) is 0.762. The van der Waals surface area contributed by atoms with Crippen LogP contribution in [0.3, 0.4) is 0 Å². The normalized spacial score (nSPS) is 53.0. The van der Waals surface area contributed by atoms with Crippen molar-refractivity contribution < 1.29 is 24.6 Å². The van der Waals surface area contributed by atoms with Gasteiger partial charge in [0, 0.05) is 17.8 Å². The summed E-state index contributed by atoms with van der Waals surface area (Å²) in [6.07, 6.45) is 5.00. The van der Waals surface area contributed by atoms with Crippen LogP contribution in [0.2, 0.25) is 0 Å². The van der Waals surface area contributed by atoms with Gasteiger partial charge in [-0.1, -0.05) is 19.9 Å². The summed E-state index contributed by atoms with van der Waals surface area (Å²) in [6.45, 7) is 5.43. The van der Waals surface area contributed by atoms with Gasteiger partial charge in [0.15, 0.2) is 17.3 Å². The Hall–Kier alpha value is -1.33. The van der Waals surface area contributed by atoms with Gasteiger partial charge in [0.05, 0.1) is 0 Å². The molecule has 26 heavy (non-hydrogen) atoms. The third-order valence-electron chi connectivity index (χ3n) is 8.65. The molecule has 0 bridgehead atoms. The molecule has 4 aliphatic rings. The van der Waals surface area contributed by atoms with Crippen LogP contribution >= 0.6 is 0 Å². The Morgan fingerprint density at radius 2 is 1.81 bits per heavy atom. The van der Waals surface area contributed by atoms with Gasteiger partial charge in [0.1, 0.15) is 11.7 Å². The van der Waals surface area contributed by atoms with E-state index in [1.165, 1.54) is 6.92 Å². The van der Waals surface area contributed by atoms with E-state index in [2.05, 4.69) is 0 Å². The number of allylic oxidation sites excluding steroid dienone is 2. The average molecular weight is 360 g/mol. The second kappa shape index (κ2) is 5.35. The number of fused-ring (bicyclic) bond motifs is 5. The number of ketones is 3. The molecular formula is C21H28O5. The van der Waals surface area contributed by atoms with Crippen molar-refractivity contribution >= 4 is 17.3 Å². The molecular weight excluding hydrogens is 332 g/mol. The highest BCUT2D eigenvalue weighted by Crippen LogP contribution is 2.66. The first-order chi connectivity index (χ1) is 12.1. The van der Waals surface area contributed by atoms with Crippen LogP contribution in [0.15, 0.2) is 12.2 Å². The summed E-state index contributed by atoms with van der Waals surface area (Å²) in [4.78, 5) is 37.1. The summed E-state index contributed by atoms with van der Waals surface area (Å²) >= 11 is 0. The van der Waals surface area contributed by atoms with E-state index in [1.54, 1.807) is 6.08 Å². The Morgan fingerprint density at radius 1 is 1.15 bits per heavy atom. The van der Waals surface area contributed by atoms with Crippen LogP contribution in [0.5, 0.6) is 0 Å². The molecule has 0 radical (unpaired) electrons. The standard InChI is InChI=1S/C21H28O5/c1-11(22)21(26)9-6-14-16-13(5-8-20(14,21)3)19(2)7-4-12(23)10-15(19)17(24)18(16)25/h4,7,13-16,18,25-26H,5-6,8-10H2,1-3H3/t13-,14-,15?,16+,18+,19+,20-,21-/m0/s1. The molecule has 0 saturated heterocycles. The minimum absolute atomic E-state index is 0.0565. The monoisotopic (exact) mass is 360 g/mol. The van der Waals surface area contributed by atoms with Crippen molar-refractivity contribution in [3.05, 3.63) is 12.2 Å². The molecule has 0 aliphatic heterocycles. The SMILES string of the molecule is CC(=O)[C@@]1(O)CC[C@H]2[C@@H]3[C@@H](O)C(=O)C4CC(=O)C=C[C@]4(C)[C@H]3CC[C@@]21C. The second-order valence-corrected chi connectivity index (χ2v) is 9.47. The third-order valence-corrected chi connectivity index (χ3v) is 8.65. The second-order valence-electron chi connectivity index (χ2n) is 9.47. The fourth-order valence-electron chi connectivity index (χ4n) is 7.02. The molecule has 0 heterocycles. The van der Waals surface area contributed by atoms with Crippen molar-refractivity contribution in [3.8, 4) is 0 Å². The first-order valence-corrected chi connectivity index (χ1v) is 9.73. The lowest BCUT2D eigenvalue weighted by Crippen LogP contribution is -2.63. The molecule has 0 spiro atoms. The van der Waals surface area contributed by atoms with Crippen molar-refractivity contribution in [1.82, 2.24) is 0 Å². The number of hydrogen-bond donors (Lipinski definition) is 2. The molecule has 5 nitrogen and oxygen atoms in total. The van der Waals surface area contributed by atoms with Gasteiger partial charge in [-0.3, -0.25) is 14.4 Å². The van der Waals surface area contributed by atoms with E-state index in [4.69, 9.17) is 0 Å². The molecule has 0 aromatic carbocycles. The van der Waals surface area contributed by atoms with Crippen molar-refractivity contribution in [2.45, 2.75) is 64.6 Å². The number of Topliss-reactive ketones (excluding diaryl/α,β-unsaturated/α-hetero) is 2. The van der Waals surface area contributed by atoms with Crippen LogP contribution in [0.25, 0.3) is 0 Å². The van der Waals surface area contributed by atoms with Gasteiger partial charge < -0.3 is 10.2 Å². The van der Waals surface area contributed by atoms with E-state index in [-0.39, 0.29) is 41.5 Å². The Kier molecular flexibility index (Phi) is 3.72. The molecule has 3 fully saturated rings. The van der Waals surface area contributed by atoms with Crippen LogP contribution in [0, 0.1) is 34.5 Å². The molecule has 8 atom stereocenters. The van der Waals surface area contributed by atoms with Gasteiger partial charge in [-0.25, -0.2) is 0 Å². The minimum atomic E-state index is -1.37. The van der Waals surface area contributed by atoms with Crippen LogP contribution in [0.4, 0.5) is 0 Å². The maximum Gasteiger partial charge on any atom is 0.165 e. The van der Waals surface area contributed by atoms with Gasteiger partial charge >= 0.3 is 0 Å². The Morgan fingerprint density at radius 3 is 2.46 bits per heavy atom. The highest BCUT2D eigenvalue weighted by atomic mass is 16.3. The van der Waals surface area contributed by atoms with E-state index in [0.717, 1.165) is 6.42 Å². The Bertz CT molecular complexity index is 726. The maximum absolute atomic E-state index is 13.0. The Labute approximate surface area is 153 Å². The first kappa shape index (κ1) is 18.1. The van der Waals surface area contributed by atoms with Crippen LogP contribution in [-0.2, 0) is 14.4 Å². The van der Waals surface area contributed by atoms with Gasteiger partial charge in [-0.15, -0.1) is 0 Å². The lowest BCUT2D eigenvalue weighted by atomic mass is 9.44. The molecule has 4 rings (SSSR count). The quantitative estimate of drug-likeness (QED) is 0.744. The van der Waals surface area contributed by atoms with Crippen molar-refractivity contribution in [2.24, 2.45) is 34.5 Å². The summed E-state index contributed by atoms with van der Waals surface area (Å²) < 4.78 is 0. The lowest BCUT2D eigenvalue weighted by molar-refractivity contribution is -0.183. The largest absolute Gasteiger partial charge is 0.385 e. The zero-order valence-electron chi connectivity index (χ0n) is 15.7. The summed E-state index contributed by atoms with van der Waals surface area (Å²) in [5.74, 6) is -1.24. The number of carbonyl (C=O) groups excluding carboxylic acids is 3. The summed E-state index contributed by atoms with van der Waals surface area (Å²) in [6, 6.07) is 0. The van der Waals surface area contributed by atoms with Gasteiger partial charge in [-0.05, 0) is 61.9 Å². The molecule has 142 valence electrons. The van der Waals surface area contributed by atoms with Crippen molar-refractivity contribution in [1.29, 1.82) is 0 Å². The van der Waals surface area contributed by atoms with Crippen molar-refractivity contribution in [2.75, 3.05) is 0 Å². The van der Waals surface area contributed by atoms with E-state index in [1.807, 2.05) is 19.9 Å². The summed E-state index contributed by atoms with van der Waals surface area (Å²) in [5.41, 5.74) is -2.42. The van der Waals surface area contributed by atoms with Gasteiger partial charge in [-0.2, -0.15) is 0 Å². The smallest absolute Gasteiger partial charge is 0.165 e. The zero-order valence-corrected chi connectivity index (χ0v) is 15.7. The average Bonchev–Trinajstić information content (AvgIpc) is 2.87. The molecule has 5 heteroatoms. The summed E-state index contributed by atoms with van der Waals surface area (Å²) in [7, 11) is 0. The number of hydrogen-bond acceptors (Lipinski definition) is 5. The molecule has 3 saturated carbocycles. The minimum Gasteiger partial charge on any atom is -0.385 e. The lowest BCUT2D eigenvalue weighted by Gasteiger charge is -2.60. The predicted molar refractivity (Wildman–Crippen MR) is 94.1 cm³/mol. The third kappa shape index (κ3) is 1.96. The molecule has 2 N–H and O–H groups in total. The van der Waals surface area contributed by atoms with E-state index >= 15 is 0 Å². The topological polar surface area (TPSA) is 91.7 Å². The number of aliphatic hydroxyl groups excluding tert-OH is 1. The Balaban J connectivity index is 1.79. The predicted octanol–water partition coefficient (Wildman–Crippen LogP) is 1.84. The highest BCUT2D eigenvalue weighted by Gasteiger charge is 2.68. The fourth-order valence-corrected chi connectivity index (χ4v) is 7.02. The number of aliphatic hydroxyl groups is 2. The number of rotatable bonds is 1. The van der Waals surface area contributed by atoms with Crippen LogP contribution < -0.4 is 0 Å². The van der Waals surface area contributed by atoms with Crippen LogP contribution in [-0.4, -0.2) is 39.3 Å². The van der Waals surface area contributed by atoms with Crippen LogP contribution in [0.1, 0.15) is 52.9 Å². The van der Waals surface area contributed by atoms with E-state index in [9.17, 15) is 24.6 Å². The molecule has 4 aliphatic carbocycles. The maximum atomic E-state index is 13.0. The van der Waals surface area contributed by atoms with E-state index < -0.39 is 28.5 Å². The molecule has 0 aromatic heterocycles. The summed E-state index contributed by atoms with van der Waals surface area (Å²) in [5, 5.41) is 22.1. The zero-order chi connectivity index (χ0) is 19.1.